The summed E-state index contributed by atoms with van der Waals surface area (Å²) < 4.78 is 5.84. The molecule has 1 unspecified atom stereocenters. The number of piperazine rings is 1. The number of rotatable bonds is 7. The second-order valence-corrected chi connectivity index (χ2v) is 6.95. The summed E-state index contributed by atoms with van der Waals surface area (Å²) in [6, 6.07) is 4.01. The van der Waals surface area contributed by atoms with Crippen molar-refractivity contribution in [2.24, 2.45) is 0 Å². The van der Waals surface area contributed by atoms with Crippen molar-refractivity contribution in [1.29, 1.82) is 0 Å². The summed E-state index contributed by atoms with van der Waals surface area (Å²) in [5, 5.41) is 13.2. The molecule has 0 spiro atoms. The fourth-order valence-corrected chi connectivity index (χ4v) is 3.46. The molecule has 1 fully saturated rings. The molecule has 1 N–H and O–H groups in total. The number of nitrogens with zero attached hydrogens (tertiary/aromatic N) is 4. The van der Waals surface area contributed by atoms with E-state index in [2.05, 4.69) is 38.8 Å². The first-order chi connectivity index (χ1) is 12.2. The average Bonchev–Trinajstić information content (AvgIpc) is 3.31. The lowest BCUT2D eigenvalue weighted by Crippen LogP contribution is -2.50. The minimum absolute atomic E-state index is 0.0406. The zero-order valence-corrected chi connectivity index (χ0v) is 15.2. The first-order valence-corrected chi connectivity index (χ1v) is 9.26. The van der Waals surface area contributed by atoms with Crippen LogP contribution in [-0.2, 0) is 4.79 Å². The van der Waals surface area contributed by atoms with Crippen LogP contribution in [0.25, 0.3) is 10.8 Å². The van der Waals surface area contributed by atoms with Crippen LogP contribution in [0, 0.1) is 0 Å². The Morgan fingerprint density at radius 3 is 2.92 bits per heavy atom. The highest BCUT2D eigenvalue weighted by molar-refractivity contribution is 7.13. The van der Waals surface area contributed by atoms with Gasteiger partial charge in [0, 0.05) is 32.7 Å². The molecule has 0 aromatic carbocycles. The van der Waals surface area contributed by atoms with E-state index in [1.807, 2.05) is 17.5 Å². The van der Waals surface area contributed by atoms with Gasteiger partial charge in [-0.15, -0.1) is 28.1 Å². The van der Waals surface area contributed by atoms with Crippen molar-refractivity contribution in [3.63, 3.8) is 0 Å². The first-order valence-electron chi connectivity index (χ1n) is 8.38. The highest BCUT2D eigenvalue weighted by Gasteiger charge is 2.26. The van der Waals surface area contributed by atoms with Gasteiger partial charge in [-0.2, -0.15) is 0 Å². The van der Waals surface area contributed by atoms with E-state index in [0.29, 0.717) is 24.9 Å². The smallest absolute Gasteiger partial charge is 0.257 e. The molecule has 25 heavy (non-hydrogen) atoms. The number of hydrogen-bond acceptors (Lipinski definition) is 7. The number of carbonyl (C=O) groups is 1. The van der Waals surface area contributed by atoms with Crippen molar-refractivity contribution < 1.29 is 9.21 Å². The largest absolute Gasteiger partial charge is 0.418 e. The molecule has 0 radical (unpaired) electrons. The molecule has 3 heterocycles. The second-order valence-electron chi connectivity index (χ2n) is 6.00. The Bertz CT molecular complexity index is 692. The molecule has 1 aliphatic heterocycles. The predicted molar refractivity (Wildman–Crippen MR) is 97.2 cm³/mol. The van der Waals surface area contributed by atoms with Crippen molar-refractivity contribution in [2.45, 2.75) is 13.0 Å². The predicted octanol–water partition coefficient (Wildman–Crippen LogP) is 1.78. The number of nitrogens with one attached hydrogen (secondary N) is 1. The summed E-state index contributed by atoms with van der Waals surface area (Å²) >= 11 is 1.59. The Labute approximate surface area is 151 Å². The van der Waals surface area contributed by atoms with E-state index in [-0.39, 0.29) is 11.9 Å². The molecule has 1 saturated heterocycles. The molecule has 0 bridgehead atoms. The van der Waals surface area contributed by atoms with E-state index in [0.717, 1.165) is 31.1 Å². The highest BCUT2D eigenvalue weighted by atomic mass is 32.1. The Balaban J connectivity index is 1.51. The fourth-order valence-electron chi connectivity index (χ4n) is 2.81. The quantitative estimate of drug-likeness (QED) is 0.758. The van der Waals surface area contributed by atoms with Crippen LogP contribution in [0.4, 0.5) is 0 Å². The molecule has 3 rings (SSSR count). The van der Waals surface area contributed by atoms with Gasteiger partial charge in [0.25, 0.3) is 5.89 Å². The highest BCUT2D eigenvalue weighted by Crippen LogP contribution is 2.27. The third kappa shape index (κ3) is 4.53. The minimum Gasteiger partial charge on any atom is -0.418 e. The zero-order chi connectivity index (χ0) is 17.6. The lowest BCUT2D eigenvalue weighted by atomic mass is 10.2. The van der Waals surface area contributed by atoms with Gasteiger partial charge < -0.3 is 9.73 Å². The maximum absolute atomic E-state index is 11.8. The van der Waals surface area contributed by atoms with Crippen LogP contribution < -0.4 is 5.32 Å². The third-order valence-corrected chi connectivity index (χ3v) is 5.15. The van der Waals surface area contributed by atoms with Crippen molar-refractivity contribution in [2.75, 3.05) is 39.3 Å². The van der Waals surface area contributed by atoms with Crippen LogP contribution in [0.5, 0.6) is 0 Å². The van der Waals surface area contributed by atoms with Gasteiger partial charge in [-0.3, -0.25) is 14.6 Å². The van der Waals surface area contributed by atoms with Crippen molar-refractivity contribution >= 4 is 17.2 Å². The van der Waals surface area contributed by atoms with Gasteiger partial charge in [-0.1, -0.05) is 12.1 Å². The maximum Gasteiger partial charge on any atom is 0.257 e. The molecule has 1 atom stereocenters. The molecule has 7 nitrogen and oxygen atoms in total. The third-order valence-electron chi connectivity index (χ3n) is 4.30. The SMILES string of the molecule is C=CCNC(=O)CN1CCN(C(C)c2nnc(-c3cccs3)o2)CC1. The molecule has 8 heteroatoms. The molecule has 0 aliphatic carbocycles. The number of aromatic nitrogens is 2. The van der Waals surface area contributed by atoms with E-state index in [1.165, 1.54) is 0 Å². The van der Waals surface area contributed by atoms with Crippen molar-refractivity contribution in [3.05, 3.63) is 36.1 Å². The maximum atomic E-state index is 11.8. The summed E-state index contributed by atoms with van der Waals surface area (Å²) in [6.45, 7) is 10.1. The van der Waals surface area contributed by atoms with Crippen LogP contribution in [-0.4, -0.2) is 65.2 Å². The second kappa shape index (κ2) is 8.37. The fraction of sp³-hybridized carbons (Fsp3) is 0.471. The Kier molecular flexibility index (Phi) is 5.95. The van der Waals surface area contributed by atoms with Gasteiger partial charge in [0.1, 0.15) is 0 Å². The van der Waals surface area contributed by atoms with Gasteiger partial charge in [0.05, 0.1) is 17.5 Å². The van der Waals surface area contributed by atoms with E-state index in [4.69, 9.17) is 4.42 Å². The average molecular weight is 361 g/mol. The van der Waals surface area contributed by atoms with E-state index in [1.54, 1.807) is 17.4 Å². The van der Waals surface area contributed by atoms with E-state index < -0.39 is 0 Å². The molecule has 1 amide bonds. The van der Waals surface area contributed by atoms with Crippen LogP contribution in [0.3, 0.4) is 0 Å². The monoisotopic (exact) mass is 361 g/mol. The summed E-state index contributed by atoms with van der Waals surface area (Å²) in [6.07, 6.45) is 1.69. The van der Waals surface area contributed by atoms with Gasteiger partial charge in [-0.05, 0) is 18.4 Å². The number of thiophene rings is 1. The molecule has 1 aliphatic rings. The van der Waals surface area contributed by atoms with Gasteiger partial charge in [0.15, 0.2) is 0 Å². The van der Waals surface area contributed by atoms with Gasteiger partial charge in [0.2, 0.25) is 11.8 Å². The summed E-state index contributed by atoms with van der Waals surface area (Å²) in [4.78, 5) is 17.2. The number of carbonyl (C=O) groups excluding carboxylic acids is 1. The summed E-state index contributed by atoms with van der Waals surface area (Å²) in [5.41, 5.74) is 0. The summed E-state index contributed by atoms with van der Waals surface area (Å²) in [7, 11) is 0. The molecule has 2 aromatic heterocycles. The lowest BCUT2D eigenvalue weighted by Gasteiger charge is -2.36. The normalized spacial score (nSPS) is 17.3. The van der Waals surface area contributed by atoms with Gasteiger partial charge in [-0.25, -0.2) is 0 Å². The topological polar surface area (TPSA) is 74.5 Å². The zero-order valence-electron chi connectivity index (χ0n) is 14.4. The Morgan fingerprint density at radius 1 is 1.44 bits per heavy atom. The molecule has 0 saturated carbocycles. The minimum atomic E-state index is 0.0406. The number of amides is 1. The van der Waals surface area contributed by atoms with Crippen LogP contribution in [0.2, 0.25) is 0 Å². The van der Waals surface area contributed by atoms with Crippen LogP contribution in [0.15, 0.2) is 34.6 Å². The molecular formula is C17H23N5O2S. The van der Waals surface area contributed by atoms with Gasteiger partial charge >= 0.3 is 0 Å². The Hall–Kier alpha value is -2.03. The molecular weight excluding hydrogens is 338 g/mol. The Morgan fingerprint density at radius 2 is 2.24 bits per heavy atom. The summed E-state index contributed by atoms with van der Waals surface area (Å²) in [5.74, 6) is 1.26. The lowest BCUT2D eigenvalue weighted by molar-refractivity contribution is -0.122. The van der Waals surface area contributed by atoms with E-state index >= 15 is 0 Å². The van der Waals surface area contributed by atoms with Crippen molar-refractivity contribution in [1.82, 2.24) is 25.3 Å². The van der Waals surface area contributed by atoms with E-state index in [9.17, 15) is 4.79 Å². The van der Waals surface area contributed by atoms with Crippen LogP contribution >= 0.6 is 11.3 Å². The number of hydrogen-bond donors (Lipinski definition) is 1. The molecule has 2 aromatic rings. The standard InChI is InChI=1S/C17H23N5O2S/c1-3-6-18-15(23)12-21-7-9-22(10-8-21)13(2)16-19-20-17(24-16)14-5-4-11-25-14/h3-5,11,13H,1,6-10,12H2,2H3,(H,18,23). The first kappa shape index (κ1) is 17.8. The van der Waals surface area contributed by atoms with Crippen LogP contribution in [0.1, 0.15) is 18.9 Å². The van der Waals surface area contributed by atoms with Crippen molar-refractivity contribution in [3.8, 4) is 10.8 Å². The molecule has 134 valence electrons.